The number of carbonyl (C=O) groups excluding carboxylic acids is 1. The average molecular weight is 436 g/mol. The number of carbonyl (C=O) groups is 1. The van der Waals surface area contributed by atoms with Gasteiger partial charge in [-0.05, 0) is 29.8 Å². The van der Waals surface area contributed by atoms with E-state index < -0.39 is 0 Å². The number of amides is 1. The van der Waals surface area contributed by atoms with E-state index >= 15 is 0 Å². The number of aromatic nitrogens is 3. The van der Waals surface area contributed by atoms with Crippen LogP contribution in [0.4, 0.5) is 15.9 Å². The second kappa shape index (κ2) is 9.09. The van der Waals surface area contributed by atoms with Crippen LogP contribution in [0.15, 0.2) is 66.2 Å². The number of hydrogen-bond acceptors (Lipinski definition) is 5. The number of rotatable bonds is 7. The summed E-state index contributed by atoms with van der Waals surface area (Å²) >= 11 is 1.39. The Labute approximate surface area is 184 Å². The molecular formula is C23H22FN5OS. The molecule has 0 saturated heterocycles. The van der Waals surface area contributed by atoms with E-state index in [1.165, 1.54) is 23.5 Å². The summed E-state index contributed by atoms with van der Waals surface area (Å²) in [5, 5.41) is 9.74. The van der Waals surface area contributed by atoms with Crippen molar-refractivity contribution in [3.63, 3.8) is 0 Å². The number of nitrogens with zero attached hydrogens (tertiary/aromatic N) is 4. The Balaban J connectivity index is 1.39. The van der Waals surface area contributed by atoms with E-state index in [0.717, 1.165) is 11.3 Å². The molecule has 0 aliphatic carbocycles. The Morgan fingerprint density at radius 3 is 2.71 bits per heavy atom. The highest BCUT2D eigenvalue weighted by Crippen LogP contribution is 2.24. The number of benzene rings is 2. The molecule has 0 fully saturated rings. The summed E-state index contributed by atoms with van der Waals surface area (Å²) in [6.07, 6.45) is 1.79. The summed E-state index contributed by atoms with van der Waals surface area (Å²) < 4.78 is 15.2. The topological polar surface area (TPSA) is 63.1 Å². The summed E-state index contributed by atoms with van der Waals surface area (Å²) in [6.45, 7) is 0.552. The average Bonchev–Trinajstić information content (AvgIpc) is 3.38. The zero-order chi connectivity index (χ0) is 21.8. The molecule has 0 atom stereocenters. The largest absolute Gasteiger partial charge is 0.378 e. The third-order valence-corrected chi connectivity index (χ3v) is 5.67. The van der Waals surface area contributed by atoms with Crippen molar-refractivity contribution >= 4 is 28.7 Å². The molecule has 0 spiro atoms. The lowest BCUT2D eigenvalue weighted by Gasteiger charge is -2.13. The van der Waals surface area contributed by atoms with E-state index in [-0.39, 0.29) is 18.1 Å². The van der Waals surface area contributed by atoms with Gasteiger partial charge >= 0.3 is 0 Å². The number of anilines is 2. The van der Waals surface area contributed by atoms with E-state index in [0.29, 0.717) is 28.6 Å². The quantitative estimate of drug-likeness (QED) is 0.466. The minimum atomic E-state index is -0.309. The Bertz CT molecular complexity index is 1180. The van der Waals surface area contributed by atoms with Crippen LogP contribution in [-0.2, 0) is 17.8 Å². The first-order valence-corrected chi connectivity index (χ1v) is 10.6. The van der Waals surface area contributed by atoms with Crippen LogP contribution in [0, 0.1) is 5.82 Å². The van der Waals surface area contributed by atoms with Crippen molar-refractivity contribution in [1.82, 2.24) is 14.8 Å². The predicted molar refractivity (Wildman–Crippen MR) is 122 cm³/mol. The summed E-state index contributed by atoms with van der Waals surface area (Å²) in [5.41, 5.74) is 3.56. The Kier molecular flexibility index (Phi) is 6.08. The number of halogens is 1. The van der Waals surface area contributed by atoms with Gasteiger partial charge in [0.05, 0.1) is 24.9 Å². The van der Waals surface area contributed by atoms with Crippen LogP contribution in [0.5, 0.6) is 0 Å². The molecule has 2 aromatic heterocycles. The lowest BCUT2D eigenvalue weighted by atomic mass is 10.2. The molecule has 158 valence electrons. The molecule has 4 aromatic rings. The standard InChI is InChI=1S/C23H22FN5OS/c1-28(2)20-8-6-16(7-9-20)14-29-21(10-11-25-29)27-22(30)13-19-15-31-23(26-19)17-4-3-5-18(24)12-17/h3-12,15H,13-14H2,1-2H3,(H,27,30). The molecule has 0 aliphatic heterocycles. The zero-order valence-electron chi connectivity index (χ0n) is 17.2. The molecule has 0 radical (unpaired) electrons. The zero-order valence-corrected chi connectivity index (χ0v) is 18.1. The molecule has 31 heavy (non-hydrogen) atoms. The fourth-order valence-corrected chi connectivity index (χ4v) is 3.95. The van der Waals surface area contributed by atoms with E-state index in [4.69, 9.17) is 0 Å². The van der Waals surface area contributed by atoms with E-state index in [1.54, 1.807) is 29.1 Å². The maximum absolute atomic E-state index is 13.4. The van der Waals surface area contributed by atoms with Crippen LogP contribution in [-0.4, -0.2) is 34.8 Å². The van der Waals surface area contributed by atoms with Gasteiger partial charge in [0.1, 0.15) is 16.6 Å². The van der Waals surface area contributed by atoms with Crippen molar-refractivity contribution in [3.8, 4) is 10.6 Å². The number of nitrogens with one attached hydrogen (secondary N) is 1. The van der Waals surface area contributed by atoms with Crippen LogP contribution in [0.25, 0.3) is 10.6 Å². The van der Waals surface area contributed by atoms with Gasteiger partial charge in [-0.25, -0.2) is 14.1 Å². The molecule has 6 nitrogen and oxygen atoms in total. The SMILES string of the molecule is CN(C)c1ccc(Cn2nccc2NC(=O)Cc2csc(-c3cccc(F)c3)n2)cc1. The summed E-state index contributed by atoms with van der Waals surface area (Å²) in [6, 6.07) is 16.2. The second-order valence-corrected chi connectivity index (χ2v) is 8.17. The second-order valence-electron chi connectivity index (χ2n) is 7.31. The van der Waals surface area contributed by atoms with Crippen molar-refractivity contribution in [2.75, 3.05) is 24.3 Å². The summed E-state index contributed by atoms with van der Waals surface area (Å²) in [4.78, 5) is 19.1. The Morgan fingerprint density at radius 2 is 1.97 bits per heavy atom. The van der Waals surface area contributed by atoms with Gasteiger partial charge in [-0.2, -0.15) is 5.10 Å². The fraction of sp³-hybridized carbons (Fsp3) is 0.174. The molecule has 1 N–H and O–H groups in total. The van der Waals surface area contributed by atoms with Gasteiger partial charge < -0.3 is 10.2 Å². The molecule has 0 aliphatic rings. The number of thiazole rings is 1. The molecule has 4 rings (SSSR count). The van der Waals surface area contributed by atoms with Gasteiger partial charge in [0.25, 0.3) is 0 Å². The van der Waals surface area contributed by atoms with Crippen LogP contribution in [0.2, 0.25) is 0 Å². The maximum Gasteiger partial charge on any atom is 0.231 e. The molecule has 2 heterocycles. The van der Waals surface area contributed by atoms with Crippen LogP contribution < -0.4 is 10.2 Å². The van der Waals surface area contributed by atoms with Crippen LogP contribution >= 0.6 is 11.3 Å². The van der Waals surface area contributed by atoms with Gasteiger partial charge in [0, 0.05) is 36.8 Å². The fourth-order valence-electron chi connectivity index (χ4n) is 3.13. The maximum atomic E-state index is 13.4. The lowest BCUT2D eigenvalue weighted by molar-refractivity contribution is -0.115. The minimum Gasteiger partial charge on any atom is -0.378 e. The number of hydrogen-bond donors (Lipinski definition) is 1. The molecule has 2 aromatic carbocycles. The van der Waals surface area contributed by atoms with E-state index in [1.807, 2.05) is 36.5 Å². The first kappa shape index (κ1) is 20.7. The third-order valence-electron chi connectivity index (χ3n) is 4.73. The van der Waals surface area contributed by atoms with Crippen molar-refractivity contribution in [2.45, 2.75) is 13.0 Å². The van der Waals surface area contributed by atoms with Crippen molar-refractivity contribution in [1.29, 1.82) is 0 Å². The van der Waals surface area contributed by atoms with Crippen LogP contribution in [0.1, 0.15) is 11.3 Å². The van der Waals surface area contributed by atoms with Crippen LogP contribution in [0.3, 0.4) is 0 Å². The molecule has 1 amide bonds. The van der Waals surface area contributed by atoms with Crippen molar-refractivity contribution in [3.05, 3.63) is 83.2 Å². The predicted octanol–water partition coefficient (Wildman–Crippen LogP) is 4.44. The first-order valence-electron chi connectivity index (χ1n) is 9.76. The third kappa shape index (κ3) is 5.16. The van der Waals surface area contributed by atoms with E-state index in [9.17, 15) is 9.18 Å². The highest BCUT2D eigenvalue weighted by Gasteiger charge is 2.12. The summed E-state index contributed by atoms with van der Waals surface area (Å²) in [7, 11) is 4.00. The van der Waals surface area contributed by atoms with E-state index in [2.05, 4.69) is 27.5 Å². The molecule has 0 bridgehead atoms. The monoisotopic (exact) mass is 435 g/mol. The van der Waals surface area contributed by atoms with Crippen molar-refractivity contribution < 1.29 is 9.18 Å². The minimum absolute atomic E-state index is 0.133. The van der Waals surface area contributed by atoms with Gasteiger partial charge in [-0.15, -0.1) is 11.3 Å². The first-order chi connectivity index (χ1) is 15.0. The highest BCUT2D eigenvalue weighted by molar-refractivity contribution is 7.13. The molecule has 0 unspecified atom stereocenters. The normalized spacial score (nSPS) is 10.8. The Hall–Kier alpha value is -3.52. The van der Waals surface area contributed by atoms with Gasteiger partial charge in [-0.1, -0.05) is 24.3 Å². The molecule has 8 heteroatoms. The summed E-state index contributed by atoms with van der Waals surface area (Å²) in [5.74, 6) is 0.139. The smallest absolute Gasteiger partial charge is 0.231 e. The molecule has 0 saturated carbocycles. The Morgan fingerprint density at radius 1 is 1.16 bits per heavy atom. The van der Waals surface area contributed by atoms with Gasteiger partial charge in [0.15, 0.2) is 0 Å². The molecular weight excluding hydrogens is 413 g/mol. The lowest BCUT2D eigenvalue weighted by Crippen LogP contribution is -2.18. The van der Waals surface area contributed by atoms with Gasteiger partial charge in [-0.3, -0.25) is 4.79 Å². The van der Waals surface area contributed by atoms with Crippen molar-refractivity contribution in [2.24, 2.45) is 0 Å². The highest BCUT2D eigenvalue weighted by atomic mass is 32.1. The van der Waals surface area contributed by atoms with Gasteiger partial charge in [0.2, 0.25) is 5.91 Å².